The molecule has 122 valence electrons. The van der Waals surface area contributed by atoms with Gasteiger partial charge in [-0.3, -0.25) is 4.79 Å². The molecule has 2 aromatic carbocycles. The summed E-state index contributed by atoms with van der Waals surface area (Å²) in [6.45, 7) is 3.65. The summed E-state index contributed by atoms with van der Waals surface area (Å²) in [5.74, 6) is -0.0707. The number of rotatable bonds is 4. The number of hydrogen-bond acceptors (Lipinski definition) is 5. The van der Waals surface area contributed by atoms with Crippen LogP contribution in [0.4, 0.5) is 0 Å². The van der Waals surface area contributed by atoms with Crippen LogP contribution < -0.4 is 5.43 Å². The molecule has 0 unspecified atom stereocenters. The number of hydrogen-bond donors (Lipinski definition) is 2. The van der Waals surface area contributed by atoms with Crippen LogP contribution in [0.2, 0.25) is 0 Å². The number of carbonyl (C=O) groups excluding carboxylic acids is 1. The van der Waals surface area contributed by atoms with E-state index in [1.165, 1.54) is 11.3 Å². The van der Waals surface area contributed by atoms with Crippen LogP contribution in [0.3, 0.4) is 0 Å². The first-order valence-electron chi connectivity index (χ1n) is 7.50. The van der Waals surface area contributed by atoms with E-state index < -0.39 is 0 Å². The van der Waals surface area contributed by atoms with Gasteiger partial charge in [-0.05, 0) is 25.3 Å². The minimum absolute atomic E-state index is 0.165. The van der Waals surface area contributed by atoms with Crippen molar-refractivity contribution in [3.8, 4) is 5.75 Å². The highest BCUT2D eigenvalue weighted by molar-refractivity contribution is 7.09. The fourth-order valence-corrected chi connectivity index (χ4v) is 3.06. The van der Waals surface area contributed by atoms with Gasteiger partial charge in [0, 0.05) is 16.3 Å². The van der Waals surface area contributed by atoms with E-state index in [0.717, 1.165) is 21.5 Å². The molecule has 2 N–H and O–H groups in total. The number of aromatic hydroxyl groups is 1. The third-order valence-corrected chi connectivity index (χ3v) is 4.47. The van der Waals surface area contributed by atoms with Crippen molar-refractivity contribution in [3.63, 3.8) is 0 Å². The molecule has 0 spiro atoms. The molecule has 1 amide bonds. The number of fused-ring (bicyclic) bond motifs is 1. The molecule has 6 heteroatoms. The number of aryl methyl sites for hydroxylation is 1. The van der Waals surface area contributed by atoms with Crippen LogP contribution in [0.25, 0.3) is 10.8 Å². The number of carbonyl (C=O) groups is 1. The van der Waals surface area contributed by atoms with Crippen molar-refractivity contribution in [2.45, 2.75) is 20.3 Å². The normalized spacial score (nSPS) is 11.7. The topological polar surface area (TPSA) is 74.6 Å². The van der Waals surface area contributed by atoms with Crippen molar-refractivity contribution in [1.82, 2.24) is 10.4 Å². The standard InChI is InChI=1S/C18H17N3O2S/c1-11(20-21-17(22)9-14-10-24-12(2)19-14)15-8-7-13-5-3-4-6-16(13)18(15)23/h3-8,10,23H,9H2,1-2H3,(H,21,22)/b20-11+. The van der Waals surface area contributed by atoms with Crippen LogP contribution in [0.15, 0.2) is 46.9 Å². The average Bonchev–Trinajstić information content (AvgIpc) is 2.98. The third-order valence-electron chi connectivity index (χ3n) is 3.65. The maximum absolute atomic E-state index is 11.9. The first-order chi connectivity index (χ1) is 11.5. The smallest absolute Gasteiger partial charge is 0.246 e. The van der Waals surface area contributed by atoms with E-state index in [9.17, 15) is 9.90 Å². The Morgan fingerprint density at radius 1 is 1.29 bits per heavy atom. The van der Waals surface area contributed by atoms with Crippen LogP contribution in [0, 0.1) is 6.92 Å². The molecule has 3 aromatic rings. The number of benzene rings is 2. The maximum atomic E-state index is 11.9. The molecular formula is C18H17N3O2S. The molecule has 0 aliphatic rings. The largest absolute Gasteiger partial charge is 0.507 e. The lowest BCUT2D eigenvalue weighted by molar-refractivity contribution is -0.120. The van der Waals surface area contributed by atoms with E-state index in [1.54, 1.807) is 13.0 Å². The minimum atomic E-state index is -0.236. The molecule has 24 heavy (non-hydrogen) atoms. The van der Waals surface area contributed by atoms with Gasteiger partial charge in [-0.1, -0.05) is 30.3 Å². The van der Waals surface area contributed by atoms with Crippen LogP contribution in [0.5, 0.6) is 5.75 Å². The summed E-state index contributed by atoms with van der Waals surface area (Å²) in [6.07, 6.45) is 0.185. The van der Waals surface area contributed by atoms with Gasteiger partial charge in [0.05, 0.1) is 22.8 Å². The van der Waals surface area contributed by atoms with E-state index in [0.29, 0.717) is 11.3 Å². The summed E-state index contributed by atoms with van der Waals surface area (Å²) in [7, 11) is 0. The highest BCUT2D eigenvalue weighted by Crippen LogP contribution is 2.28. The second kappa shape index (κ2) is 6.80. The average molecular weight is 339 g/mol. The van der Waals surface area contributed by atoms with Gasteiger partial charge in [0.25, 0.3) is 0 Å². The number of aromatic nitrogens is 1. The molecule has 1 heterocycles. The van der Waals surface area contributed by atoms with Crippen LogP contribution >= 0.6 is 11.3 Å². The van der Waals surface area contributed by atoms with Crippen molar-refractivity contribution >= 4 is 33.7 Å². The molecule has 0 fully saturated rings. The van der Waals surface area contributed by atoms with E-state index in [2.05, 4.69) is 15.5 Å². The Balaban J connectivity index is 1.76. The minimum Gasteiger partial charge on any atom is -0.507 e. The predicted octanol–water partition coefficient (Wildman–Crippen LogP) is 3.39. The van der Waals surface area contributed by atoms with Crippen molar-refractivity contribution in [1.29, 1.82) is 0 Å². The number of hydrazone groups is 1. The number of amides is 1. The van der Waals surface area contributed by atoms with Crippen LogP contribution in [-0.2, 0) is 11.2 Å². The summed E-state index contributed by atoms with van der Waals surface area (Å²) in [6, 6.07) is 11.3. The van der Waals surface area contributed by atoms with E-state index in [1.807, 2.05) is 42.6 Å². The fraction of sp³-hybridized carbons (Fsp3) is 0.167. The van der Waals surface area contributed by atoms with Crippen LogP contribution in [-0.4, -0.2) is 21.7 Å². The molecule has 5 nitrogen and oxygen atoms in total. The number of phenolic OH excluding ortho intramolecular Hbond substituents is 1. The van der Waals surface area contributed by atoms with E-state index >= 15 is 0 Å². The van der Waals surface area contributed by atoms with Gasteiger partial charge in [-0.25, -0.2) is 10.4 Å². The second-order valence-corrected chi connectivity index (χ2v) is 6.51. The number of nitrogens with one attached hydrogen (secondary N) is 1. The summed E-state index contributed by atoms with van der Waals surface area (Å²) in [4.78, 5) is 16.2. The van der Waals surface area contributed by atoms with Crippen molar-refractivity contribution in [2.24, 2.45) is 5.10 Å². The third kappa shape index (κ3) is 3.44. The summed E-state index contributed by atoms with van der Waals surface area (Å²) >= 11 is 1.51. The molecule has 0 bridgehead atoms. The number of thiazole rings is 1. The molecule has 0 aliphatic carbocycles. The molecule has 0 atom stereocenters. The zero-order valence-electron chi connectivity index (χ0n) is 13.4. The maximum Gasteiger partial charge on any atom is 0.246 e. The molecule has 0 saturated heterocycles. The van der Waals surface area contributed by atoms with Gasteiger partial charge >= 0.3 is 0 Å². The van der Waals surface area contributed by atoms with E-state index in [4.69, 9.17) is 0 Å². The van der Waals surface area contributed by atoms with Gasteiger partial charge in [0.1, 0.15) is 5.75 Å². The monoisotopic (exact) mass is 339 g/mol. The van der Waals surface area contributed by atoms with Crippen molar-refractivity contribution in [3.05, 3.63) is 58.0 Å². The zero-order valence-corrected chi connectivity index (χ0v) is 14.2. The van der Waals surface area contributed by atoms with Gasteiger partial charge in [-0.15, -0.1) is 11.3 Å². The Labute approximate surface area is 143 Å². The SMILES string of the molecule is C/C(=N\NC(=O)Cc1csc(C)n1)c1ccc2ccccc2c1O. The van der Waals surface area contributed by atoms with Gasteiger partial charge < -0.3 is 5.11 Å². The Hall–Kier alpha value is -2.73. The predicted molar refractivity (Wildman–Crippen MR) is 96.5 cm³/mol. The molecule has 0 aliphatic heterocycles. The van der Waals surface area contributed by atoms with Gasteiger partial charge in [0.2, 0.25) is 5.91 Å². The lowest BCUT2D eigenvalue weighted by atomic mass is 10.0. The Morgan fingerprint density at radius 2 is 2.08 bits per heavy atom. The van der Waals surface area contributed by atoms with Crippen molar-refractivity contribution in [2.75, 3.05) is 0 Å². The fourth-order valence-electron chi connectivity index (χ4n) is 2.45. The summed E-state index contributed by atoms with van der Waals surface area (Å²) in [5.41, 5.74) is 4.39. The highest BCUT2D eigenvalue weighted by Gasteiger charge is 2.10. The number of nitrogens with zero attached hydrogens (tertiary/aromatic N) is 2. The Kier molecular flexibility index (Phi) is 4.57. The molecule has 1 aromatic heterocycles. The van der Waals surface area contributed by atoms with Crippen molar-refractivity contribution < 1.29 is 9.90 Å². The summed E-state index contributed by atoms with van der Waals surface area (Å²) < 4.78 is 0. The van der Waals surface area contributed by atoms with Gasteiger partial charge in [-0.2, -0.15) is 5.10 Å². The highest BCUT2D eigenvalue weighted by atomic mass is 32.1. The summed E-state index contributed by atoms with van der Waals surface area (Å²) in [5, 5.41) is 19.0. The Morgan fingerprint density at radius 3 is 2.83 bits per heavy atom. The Bertz CT molecular complexity index is 931. The number of phenols is 1. The quantitative estimate of drug-likeness (QED) is 0.565. The second-order valence-electron chi connectivity index (χ2n) is 5.45. The van der Waals surface area contributed by atoms with Gasteiger partial charge in [0.15, 0.2) is 0 Å². The lowest BCUT2D eigenvalue weighted by Crippen LogP contribution is -2.21. The van der Waals surface area contributed by atoms with Crippen LogP contribution in [0.1, 0.15) is 23.2 Å². The first-order valence-corrected chi connectivity index (χ1v) is 8.38. The molecule has 3 rings (SSSR count). The molecule has 0 radical (unpaired) electrons. The molecule has 0 saturated carbocycles. The van der Waals surface area contributed by atoms with E-state index in [-0.39, 0.29) is 18.1 Å². The molecular weight excluding hydrogens is 322 g/mol. The lowest BCUT2D eigenvalue weighted by Gasteiger charge is -2.08. The zero-order chi connectivity index (χ0) is 17.1. The first kappa shape index (κ1) is 16.1.